The molecule has 0 aromatic heterocycles. The number of anilines is 1. The molecule has 1 amide bonds. The molecular weight excluding hydrogens is 300 g/mol. The van der Waals surface area contributed by atoms with E-state index in [-0.39, 0.29) is 12.5 Å². The summed E-state index contributed by atoms with van der Waals surface area (Å²) in [6, 6.07) is 2.95. The van der Waals surface area contributed by atoms with Gasteiger partial charge in [0.15, 0.2) is 0 Å². The average Bonchev–Trinajstić information content (AvgIpc) is 2.32. The number of hydrogen-bond donors (Lipinski definition) is 1. The molecule has 7 heteroatoms. The third kappa shape index (κ3) is 5.00. The van der Waals surface area contributed by atoms with Crippen molar-refractivity contribution in [3.05, 3.63) is 27.2 Å². The van der Waals surface area contributed by atoms with Crippen LogP contribution in [-0.4, -0.2) is 32.8 Å². The van der Waals surface area contributed by atoms with Crippen LogP contribution >= 0.6 is 34.8 Å². The number of benzene rings is 1. The van der Waals surface area contributed by atoms with Crippen LogP contribution in [0, 0.1) is 0 Å². The van der Waals surface area contributed by atoms with Gasteiger partial charge in [-0.15, -0.1) is 0 Å². The number of methoxy groups -OCH3 is 1. The maximum Gasteiger partial charge on any atom is 0.250 e. The third-order valence-corrected chi connectivity index (χ3v) is 2.98. The second kappa shape index (κ2) is 7.81. The molecular formula is C11H12Cl3NO3. The summed E-state index contributed by atoms with van der Waals surface area (Å²) in [5.74, 6) is -0.327. The lowest BCUT2D eigenvalue weighted by atomic mass is 10.3. The molecule has 1 aromatic carbocycles. The van der Waals surface area contributed by atoms with Crippen molar-refractivity contribution in [3.8, 4) is 0 Å². The summed E-state index contributed by atoms with van der Waals surface area (Å²) >= 11 is 17.5. The van der Waals surface area contributed by atoms with Gasteiger partial charge in [0.05, 0.1) is 34.0 Å². The zero-order valence-electron chi connectivity index (χ0n) is 9.63. The second-order valence-electron chi connectivity index (χ2n) is 3.34. The molecule has 0 aliphatic heterocycles. The summed E-state index contributed by atoms with van der Waals surface area (Å²) in [5.41, 5.74) is 0.395. The summed E-state index contributed by atoms with van der Waals surface area (Å²) in [4.78, 5) is 11.5. The summed E-state index contributed by atoms with van der Waals surface area (Å²) in [6.07, 6.45) is 0. The average molecular weight is 313 g/mol. The van der Waals surface area contributed by atoms with E-state index in [2.05, 4.69) is 5.32 Å². The van der Waals surface area contributed by atoms with Crippen LogP contribution in [0.25, 0.3) is 0 Å². The molecule has 0 saturated carbocycles. The Kier molecular flexibility index (Phi) is 6.75. The van der Waals surface area contributed by atoms with Crippen molar-refractivity contribution >= 4 is 46.4 Å². The van der Waals surface area contributed by atoms with Crippen LogP contribution in [-0.2, 0) is 14.3 Å². The Labute approximate surface area is 120 Å². The first-order valence-electron chi connectivity index (χ1n) is 5.05. The van der Waals surface area contributed by atoms with Crippen molar-refractivity contribution in [1.82, 2.24) is 0 Å². The van der Waals surface area contributed by atoms with E-state index in [1.165, 1.54) is 12.1 Å². The van der Waals surface area contributed by atoms with Gasteiger partial charge in [-0.2, -0.15) is 0 Å². The fourth-order valence-corrected chi connectivity index (χ4v) is 1.71. The first kappa shape index (κ1) is 15.5. The maximum atomic E-state index is 11.5. The minimum absolute atomic E-state index is 0.0834. The standard InChI is InChI=1S/C11H12Cl3NO3/c1-17-2-3-18-6-11(16)15-10-5-8(13)7(12)4-9(10)14/h4-5H,2-3,6H2,1H3,(H,15,16). The van der Waals surface area contributed by atoms with Gasteiger partial charge in [0, 0.05) is 7.11 Å². The van der Waals surface area contributed by atoms with Crippen molar-refractivity contribution in [2.75, 3.05) is 32.2 Å². The zero-order chi connectivity index (χ0) is 13.5. The Bertz CT molecular complexity index is 426. The summed E-state index contributed by atoms with van der Waals surface area (Å²) in [6.45, 7) is 0.694. The molecule has 100 valence electrons. The Balaban J connectivity index is 2.51. The first-order chi connectivity index (χ1) is 8.54. The molecule has 1 aromatic rings. The minimum Gasteiger partial charge on any atom is -0.382 e. The first-order valence-corrected chi connectivity index (χ1v) is 6.19. The van der Waals surface area contributed by atoms with Crippen LogP contribution < -0.4 is 5.32 Å². The van der Waals surface area contributed by atoms with Crippen molar-refractivity contribution < 1.29 is 14.3 Å². The quantitative estimate of drug-likeness (QED) is 0.648. The second-order valence-corrected chi connectivity index (χ2v) is 4.56. The highest BCUT2D eigenvalue weighted by atomic mass is 35.5. The molecule has 0 fully saturated rings. The lowest BCUT2D eigenvalue weighted by Gasteiger charge is -2.09. The van der Waals surface area contributed by atoms with Crippen LogP contribution in [0.4, 0.5) is 5.69 Å². The predicted molar refractivity (Wildman–Crippen MR) is 72.8 cm³/mol. The molecule has 0 unspecified atom stereocenters. The van der Waals surface area contributed by atoms with Crippen molar-refractivity contribution in [2.24, 2.45) is 0 Å². The van der Waals surface area contributed by atoms with Crippen LogP contribution in [0.1, 0.15) is 0 Å². The number of nitrogens with one attached hydrogen (secondary N) is 1. The van der Waals surface area contributed by atoms with E-state index >= 15 is 0 Å². The smallest absolute Gasteiger partial charge is 0.250 e. The van der Waals surface area contributed by atoms with Gasteiger partial charge in [-0.1, -0.05) is 34.8 Å². The highest BCUT2D eigenvalue weighted by Crippen LogP contribution is 2.32. The van der Waals surface area contributed by atoms with Gasteiger partial charge < -0.3 is 14.8 Å². The summed E-state index contributed by atoms with van der Waals surface area (Å²) < 4.78 is 9.84. The van der Waals surface area contributed by atoms with Gasteiger partial charge in [-0.25, -0.2) is 0 Å². The van der Waals surface area contributed by atoms with Crippen molar-refractivity contribution in [3.63, 3.8) is 0 Å². The lowest BCUT2D eigenvalue weighted by molar-refractivity contribution is -0.121. The Morgan fingerprint density at radius 1 is 1.17 bits per heavy atom. The SMILES string of the molecule is COCCOCC(=O)Nc1cc(Cl)c(Cl)cc1Cl. The van der Waals surface area contributed by atoms with Gasteiger partial charge in [0.1, 0.15) is 6.61 Å². The van der Waals surface area contributed by atoms with Crippen LogP contribution in [0.5, 0.6) is 0 Å². The van der Waals surface area contributed by atoms with E-state index in [0.29, 0.717) is 34.0 Å². The van der Waals surface area contributed by atoms with E-state index in [1.807, 2.05) is 0 Å². The van der Waals surface area contributed by atoms with Crippen molar-refractivity contribution in [2.45, 2.75) is 0 Å². The summed E-state index contributed by atoms with van der Waals surface area (Å²) in [5, 5.41) is 3.54. The summed E-state index contributed by atoms with van der Waals surface area (Å²) in [7, 11) is 1.55. The van der Waals surface area contributed by atoms with Crippen LogP contribution in [0.3, 0.4) is 0 Å². The predicted octanol–water partition coefficient (Wildman–Crippen LogP) is 3.25. The van der Waals surface area contributed by atoms with Crippen molar-refractivity contribution in [1.29, 1.82) is 0 Å². The Morgan fingerprint density at radius 3 is 2.50 bits per heavy atom. The number of carbonyl (C=O) groups is 1. The highest BCUT2D eigenvalue weighted by molar-refractivity contribution is 6.44. The maximum absolute atomic E-state index is 11.5. The zero-order valence-corrected chi connectivity index (χ0v) is 11.9. The van der Waals surface area contributed by atoms with E-state index in [1.54, 1.807) is 7.11 Å². The van der Waals surface area contributed by atoms with Gasteiger partial charge in [-0.3, -0.25) is 4.79 Å². The minimum atomic E-state index is -0.327. The molecule has 0 aliphatic rings. The molecule has 0 aliphatic carbocycles. The monoisotopic (exact) mass is 311 g/mol. The normalized spacial score (nSPS) is 10.4. The number of amides is 1. The number of hydrogen-bond acceptors (Lipinski definition) is 3. The van der Waals surface area contributed by atoms with E-state index in [9.17, 15) is 4.79 Å². The Hall–Kier alpha value is -0.520. The van der Waals surface area contributed by atoms with E-state index < -0.39 is 0 Å². The lowest BCUT2D eigenvalue weighted by Crippen LogP contribution is -2.19. The number of rotatable bonds is 6. The van der Waals surface area contributed by atoms with E-state index in [0.717, 1.165) is 0 Å². The van der Waals surface area contributed by atoms with Gasteiger partial charge >= 0.3 is 0 Å². The molecule has 4 nitrogen and oxygen atoms in total. The van der Waals surface area contributed by atoms with Crippen LogP contribution in [0.15, 0.2) is 12.1 Å². The number of halogens is 3. The fraction of sp³-hybridized carbons (Fsp3) is 0.364. The molecule has 0 spiro atoms. The molecule has 0 radical (unpaired) electrons. The molecule has 0 bridgehead atoms. The largest absolute Gasteiger partial charge is 0.382 e. The topological polar surface area (TPSA) is 47.6 Å². The highest BCUT2D eigenvalue weighted by Gasteiger charge is 2.09. The molecule has 18 heavy (non-hydrogen) atoms. The molecule has 1 N–H and O–H groups in total. The number of carbonyl (C=O) groups excluding carboxylic acids is 1. The van der Waals surface area contributed by atoms with Crippen LogP contribution in [0.2, 0.25) is 15.1 Å². The molecule has 0 saturated heterocycles. The Morgan fingerprint density at radius 2 is 1.83 bits per heavy atom. The van der Waals surface area contributed by atoms with Gasteiger partial charge in [-0.05, 0) is 12.1 Å². The number of ether oxygens (including phenoxy) is 2. The fourth-order valence-electron chi connectivity index (χ4n) is 1.11. The van der Waals surface area contributed by atoms with E-state index in [4.69, 9.17) is 44.3 Å². The molecule has 0 heterocycles. The van der Waals surface area contributed by atoms with Gasteiger partial charge in [0.2, 0.25) is 5.91 Å². The third-order valence-electron chi connectivity index (χ3n) is 1.95. The van der Waals surface area contributed by atoms with Gasteiger partial charge in [0.25, 0.3) is 0 Å². The molecule has 1 rings (SSSR count). The molecule has 0 atom stereocenters.